The van der Waals surface area contributed by atoms with E-state index in [0.29, 0.717) is 11.8 Å². The van der Waals surface area contributed by atoms with E-state index in [4.69, 9.17) is 32.5 Å². The number of epoxide rings is 1. The van der Waals surface area contributed by atoms with Crippen LogP contribution in [0.1, 0.15) is 20.8 Å². The van der Waals surface area contributed by atoms with Crippen LogP contribution in [0, 0.1) is 10.1 Å². The Morgan fingerprint density at radius 1 is 1.23 bits per heavy atom. The van der Waals surface area contributed by atoms with E-state index >= 15 is 0 Å². The Labute approximate surface area is 182 Å². The molecule has 30 heavy (non-hydrogen) atoms. The maximum atomic E-state index is 10.2. The number of non-ortho nitro benzene ring substituents is 1. The number of nitro benzene ring substituents is 1. The smallest absolute Gasteiger partial charge is 0.271 e. The van der Waals surface area contributed by atoms with E-state index < -0.39 is 4.92 Å². The van der Waals surface area contributed by atoms with Crippen molar-refractivity contribution in [1.82, 2.24) is 0 Å². The van der Waals surface area contributed by atoms with Gasteiger partial charge in [0.1, 0.15) is 6.10 Å². The summed E-state index contributed by atoms with van der Waals surface area (Å²) in [5.41, 5.74) is 13.3. The van der Waals surface area contributed by atoms with E-state index in [9.17, 15) is 10.1 Å². The summed E-state index contributed by atoms with van der Waals surface area (Å²) in [7, 11) is 0. The Morgan fingerprint density at radius 3 is 2.37 bits per heavy atom. The molecule has 0 spiro atoms. The third kappa shape index (κ3) is 9.30. The molecule has 0 saturated carbocycles. The van der Waals surface area contributed by atoms with E-state index in [0.717, 1.165) is 38.6 Å². The highest BCUT2D eigenvalue weighted by molar-refractivity contribution is 6.33. The molecule has 0 radical (unpaired) electrons. The molecule has 2 aromatic rings. The van der Waals surface area contributed by atoms with Crippen LogP contribution < -0.4 is 16.4 Å². The standard InChI is InChI=1S/C13H20N2O2.C6H5ClN2O2.C2H6/c1-2-15(7-8-16-9-13-10-17-13)12-5-3-11(14)4-6-12;7-5-3-4(9(10)11)1-2-6(5)8;1-2/h3-6,13H,2,7-10,14H2,1H3;1-3H,8H2;1-2H3. The molecule has 4 N–H and O–H groups in total. The molecule has 1 unspecified atom stereocenters. The first-order chi connectivity index (χ1) is 14.4. The SMILES string of the molecule is CC.CCN(CCOCC1CO1)c1ccc(N)cc1.Nc1ccc([N+](=O)[O-])cc1Cl. The minimum Gasteiger partial charge on any atom is -0.399 e. The summed E-state index contributed by atoms with van der Waals surface area (Å²) in [5, 5.41) is 10.4. The largest absolute Gasteiger partial charge is 0.399 e. The summed E-state index contributed by atoms with van der Waals surface area (Å²) >= 11 is 5.53. The molecule has 1 heterocycles. The zero-order valence-corrected chi connectivity index (χ0v) is 18.5. The van der Waals surface area contributed by atoms with Gasteiger partial charge in [-0.3, -0.25) is 10.1 Å². The summed E-state index contributed by atoms with van der Waals surface area (Å²) in [6.07, 6.45) is 0.349. The third-order valence-electron chi connectivity index (χ3n) is 4.05. The third-order valence-corrected chi connectivity index (χ3v) is 4.37. The molecular weight excluding hydrogens is 408 g/mol. The summed E-state index contributed by atoms with van der Waals surface area (Å²) in [6.45, 7) is 10.3. The molecule has 1 fully saturated rings. The molecule has 0 aliphatic carbocycles. The molecule has 8 nitrogen and oxygen atoms in total. The van der Waals surface area contributed by atoms with Crippen LogP contribution in [0.25, 0.3) is 0 Å². The first-order valence-electron chi connectivity index (χ1n) is 9.90. The number of nitro groups is 1. The number of hydrogen-bond donors (Lipinski definition) is 2. The lowest BCUT2D eigenvalue weighted by Gasteiger charge is -2.23. The fourth-order valence-corrected chi connectivity index (χ4v) is 2.51. The highest BCUT2D eigenvalue weighted by atomic mass is 35.5. The Balaban J connectivity index is 0.000000300. The Hall–Kier alpha value is -2.55. The summed E-state index contributed by atoms with van der Waals surface area (Å²) in [4.78, 5) is 11.9. The number of likely N-dealkylation sites (N-methyl/N-ethyl adjacent to an activating group) is 1. The number of halogens is 1. The summed E-state index contributed by atoms with van der Waals surface area (Å²) in [5.74, 6) is 0. The molecule has 0 amide bonds. The van der Waals surface area contributed by atoms with Gasteiger partial charge >= 0.3 is 0 Å². The number of nitrogen functional groups attached to an aromatic ring is 2. The predicted molar refractivity (Wildman–Crippen MR) is 123 cm³/mol. The number of ether oxygens (including phenoxy) is 2. The van der Waals surface area contributed by atoms with Gasteiger partial charge in [-0.15, -0.1) is 0 Å². The second-order valence-corrected chi connectivity index (χ2v) is 6.57. The van der Waals surface area contributed by atoms with Crippen LogP contribution in [0.5, 0.6) is 0 Å². The van der Waals surface area contributed by atoms with Gasteiger partial charge in [-0.05, 0) is 37.3 Å². The summed E-state index contributed by atoms with van der Waals surface area (Å²) < 4.78 is 10.6. The van der Waals surface area contributed by atoms with Crippen molar-refractivity contribution < 1.29 is 14.4 Å². The van der Waals surface area contributed by atoms with Gasteiger partial charge < -0.3 is 25.8 Å². The van der Waals surface area contributed by atoms with Crippen molar-refractivity contribution in [2.45, 2.75) is 26.9 Å². The summed E-state index contributed by atoms with van der Waals surface area (Å²) in [6, 6.07) is 11.9. The quantitative estimate of drug-likeness (QED) is 0.206. The van der Waals surface area contributed by atoms with Gasteiger partial charge in [-0.1, -0.05) is 25.4 Å². The van der Waals surface area contributed by atoms with Crippen molar-refractivity contribution in [3.8, 4) is 0 Å². The molecular formula is C21H31ClN4O4. The van der Waals surface area contributed by atoms with Gasteiger partial charge in [0.05, 0.1) is 35.5 Å². The van der Waals surface area contributed by atoms with Crippen molar-refractivity contribution in [2.75, 3.05) is 49.3 Å². The fourth-order valence-electron chi connectivity index (χ4n) is 2.34. The second-order valence-electron chi connectivity index (χ2n) is 6.16. The van der Waals surface area contributed by atoms with E-state index in [2.05, 4.69) is 11.8 Å². The molecule has 1 aliphatic rings. The average molecular weight is 439 g/mol. The molecule has 1 aliphatic heterocycles. The van der Waals surface area contributed by atoms with Crippen LogP contribution in [0.15, 0.2) is 42.5 Å². The second kappa shape index (κ2) is 13.6. The maximum absolute atomic E-state index is 10.2. The van der Waals surface area contributed by atoms with E-state index in [1.165, 1.54) is 23.9 Å². The van der Waals surface area contributed by atoms with Crippen molar-refractivity contribution in [2.24, 2.45) is 0 Å². The highest BCUT2D eigenvalue weighted by Gasteiger charge is 2.22. The Kier molecular flexibility index (Phi) is 11.6. The molecule has 3 rings (SSSR count). The molecule has 1 saturated heterocycles. The zero-order chi connectivity index (χ0) is 22.5. The van der Waals surface area contributed by atoms with E-state index in [1.807, 2.05) is 38.1 Å². The molecule has 1 atom stereocenters. The molecule has 166 valence electrons. The van der Waals surface area contributed by atoms with Gasteiger partial charge in [-0.25, -0.2) is 0 Å². The number of nitrogens with two attached hydrogens (primary N) is 2. The fraction of sp³-hybridized carbons (Fsp3) is 0.429. The monoisotopic (exact) mass is 438 g/mol. The van der Waals surface area contributed by atoms with Crippen molar-refractivity contribution in [1.29, 1.82) is 0 Å². The van der Waals surface area contributed by atoms with Crippen LogP contribution >= 0.6 is 11.6 Å². The van der Waals surface area contributed by atoms with Crippen molar-refractivity contribution in [3.05, 3.63) is 57.6 Å². The topological polar surface area (TPSA) is 120 Å². The minimum atomic E-state index is -0.522. The van der Waals surface area contributed by atoms with Gasteiger partial charge in [0, 0.05) is 36.6 Å². The van der Waals surface area contributed by atoms with E-state index in [1.54, 1.807) is 0 Å². The van der Waals surface area contributed by atoms with Gasteiger partial charge in [0.25, 0.3) is 5.69 Å². The highest BCUT2D eigenvalue weighted by Crippen LogP contribution is 2.23. The van der Waals surface area contributed by atoms with E-state index in [-0.39, 0.29) is 10.7 Å². The number of nitrogens with zero attached hydrogens (tertiary/aromatic N) is 2. The van der Waals surface area contributed by atoms with Crippen LogP contribution in [0.4, 0.5) is 22.7 Å². The molecule has 9 heteroatoms. The normalized spacial score (nSPS) is 13.9. The van der Waals surface area contributed by atoms with Gasteiger partial charge in [-0.2, -0.15) is 0 Å². The minimum absolute atomic E-state index is 0.0517. The zero-order valence-electron chi connectivity index (χ0n) is 17.7. The van der Waals surface area contributed by atoms with Gasteiger partial charge in [0.15, 0.2) is 0 Å². The Morgan fingerprint density at radius 2 is 1.87 bits per heavy atom. The van der Waals surface area contributed by atoms with Crippen LogP contribution in [-0.4, -0.2) is 43.9 Å². The number of anilines is 3. The molecule has 2 aromatic carbocycles. The lowest BCUT2D eigenvalue weighted by atomic mass is 10.2. The number of rotatable bonds is 8. The lowest BCUT2D eigenvalue weighted by molar-refractivity contribution is -0.384. The Bertz CT molecular complexity index is 770. The van der Waals surface area contributed by atoms with Crippen molar-refractivity contribution in [3.63, 3.8) is 0 Å². The van der Waals surface area contributed by atoms with Crippen LogP contribution in [0.3, 0.4) is 0 Å². The van der Waals surface area contributed by atoms with Gasteiger partial charge in [0.2, 0.25) is 0 Å². The van der Waals surface area contributed by atoms with Crippen LogP contribution in [0.2, 0.25) is 5.02 Å². The number of benzene rings is 2. The van der Waals surface area contributed by atoms with Crippen molar-refractivity contribution >= 4 is 34.4 Å². The predicted octanol–water partition coefficient (Wildman–Crippen LogP) is 4.37. The molecule has 0 bridgehead atoms. The lowest BCUT2D eigenvalue weighted by Crippen LogP contribution is -2.27. The van der Waals surface area contributed by atoms with Crippen LogP contribution in [-0.2, 0) is 9.47 Å². The number of hydrogen-bond acceptors (Lipinski definition) is 7. The maximum Gasteiger partial charge on any atom is 0.271 e. The first kappa shape index (κ1) is 25.5. The first-order valence-corrected chi connectivity index (χ1v) is 10.3. The average Bonchev–Trinajstić information content (AvgIpc) is 3.57. The molecule has 0 aromatic heterocycles.